The molecular weight excluding hydrogens is 494 g/mol. The molecule has 39 heavy (non-hydrogen) atoms. The van der Waals surface area contributed by atoms with Crippen LogP contribution in [0.25, 0.3) is 17.0 Å². The maximum absolute atomic E-state index is 12.7. The van der Waals surface area contributed by atoms with Gasteiger partial charge < -0.3 is 14.9 Å². The highest BCUT2D eigenvalue weighted by molar-refractivity contribution is 5.96. The summed E-state index contributed by atoms with van der Waals surface area (Å²) >= 11 is 0. The Balaban J connectivity index is 1.65. The van der Waals surface area contributed by atoms with Crippen LogP contribution in [0.5, 0.6) is 0 Å². The van der Waals surface area contributed by atoms with Gasteiger partial charge in [-0.2, -0.15) is 4.98 Å². The molecule has 1 amide bonds. The topological polar surface area (TPSA) is 122 Å². The number of aliphatic carboxylic acids is 1. The summed E-state index contributed by atoms with van der Waals surface area (Å²) in [5.74, 6) is -1.02. The van der Waals surface area contributed by atoms with E-state index in [9.17, 15) is 19.5 Å². The summed E-state index contributed by atoms with van der Waals surface area (Å²) < 4.78 is 5.38. The van der Waals surface area contributed by atoms with Crippen LogP contribution in [0.15, 0.2) is 83.4 Å². The molecule has 0 aliphatic heterocycles. The van der Waals surface area contributed by atoms with E-state index in [-0.39, 0.29) is 17.6 Å². The van der Waals surface area contributed by atoms with Crippen LogP contribution in [-0.4, -0.2) is 38.9 Å². The van der Waals surface area contributed by atoms with Crippen LogP contribution < -0.4 is 5.32 Å². The summed E-state index contributed by atoms with van der Waals surface area (Å²) in [5.41, 5.74) is 3.80. The zero-order chi connectivity index (χ0) is 28.7. The highest BCUT2D eigenvalue weighted by Gasteiger charge is 2.22. The van der Waals surface area contributed by atoms with Crippen molar-refractivity contribution in [3.63, 3.8) is 0 Å². The van der Waals surface area contributed by atoms with E-state index in [1.54, 1.807) is 54.6 Å². The molecule has 0 unspecified atom stereocenters. The molecule has 0 saturated heterocycles. The number of carboxylic acids is 1. The number of carbonyl (C=O) groups excluding carboxylic acids is 2. The molecule has 8 heteroatoms. The quantitative estimate of drug-likeness (QED) is 0.244. The van der Waals surface area contributed by atoms with E-state index < -0.39 is 17.9 Å². The number of rotatable bonds is 10. The minimum atomic E-state index is -1.16. The maximum atomic E-state index is 12.7. The van der Waals surface area contributed by atoms with E-state index in [0.717, 1.165) is 5.56 Å². The van der Waals surface area contributed by atoms with Crippen molar-refractivity contribution in [2.24, 2.45) is 0 Å². The van der Waals surface area contributed by atoms with Crippen LogP contribution in [0, 0.1) is 0 Å². The van der Waals surface area contributed by atoms with E-state index in [0.29, 0.717) is 39.6 Å². The van der Waals surface area contributed by atoms with Gasteiger partial charge in [0.05, 0.1) is 0 Å². The van der Waals surface area contributed by atoms with Crippen LogP contribution in [0.4, 0.5) is 0 Å². The van der Waals surface area contributed by atoms with Crippen molar-refractivity contribution in [1.29, 1.82) is 0 Å². The molecule has 1 atom stereocenters. The molecule has 0 aliphatic carbocycles. The third kappa shape index (κ3) is 7.70. The molecule has 202 valence electrons. The number of nitrogens with zero attached hydrogens (tertiary/aromatic N) is 2. The Hall–Kier alpha value is -4.59. The number of amides is 1. The first-order chi connectivity index (χ1) is 18.4. The number of hydrogen-bond acceptors (Lipinski definition) is 6. The van der Waals surface area contributed by atoms with E-state index in [1.807, 2.05) is 19.1 Å². The Morgan fingerprint density at radius 1 is 1.03 bits per heavy atom. The summed E-state index contributed by atoms with van der Waals surface area (Å²) in [4.78, 5) is 40.5. The second-order valence-electron chi connectivity index (χ2n) is 10.2. The Bertz CT molecular complexity index is 1420. The van der Waals surface area contributed by atoms with Crippen molar-refractivity contribution >= 4 is 23.2 Å². The second-order valence-corrected chi connectivity index (χ2v) is 10.2. The van der Waals surface area contributed by atoms with Gasteiger partial charge in [-0.25, -0.2) is 4.79 Å². The van der Waals surface area contributed by atoms with Crippen molar-refractivity contribution in [2.75, 3.05) is 0 Å². The maximum Gasteiger partial charge on any atom is 0.326 e. The lowest BCUT2D eigenvalue weighted by atomic mass is 9.86. The van der Waals surface area contributed by atoms with Gasteiger partial charge in [0.1, 0.15) is 6.04 Å². The molecule has 0 spiro atoms. The predicted molar refractivity (Wildman–Crippen MR) is 150 cm³/mol. The third-order valence-corrected chi connectivity index (χ3v) is 6.12. The standard InChI is InChI=1S/C31H33N3O5/c1-7-21(27-33-29(39-34-27)24-12-10-22(11-13-24)20(3)35)9-8-19(2)18-26(30(37)38)32-28(36)23-14-16-25(17-15-23)31(4,5)6/h7-17,26H,2,18H2,1,3-6H3,(H,32,36)(H,37,38)/b9-8-,21-7+/t26-/m0/s1. The molecule has 1 aromatic heterocycles. The summed E-state index contributed by atoms with van der Waals surface area (Å²) in [6, 6.07) is 12.8. The molecule has 0 saturated carbocycles. The largest absolute Gasteiger partial charge is 0.480 e. The van der Waals surface area contributed by atoms with Crippen molar-refractivity contribution in [1.82, 2.24) is 15.5 Å². The van der Waals surface area contributed by atoms with E-state index in [2.05, 4.69) is 42.8 Å². The summed E-state index contributed by atoms with van der Waals surface area (Å²) in [6.45, 7) is 13.5. The number of hydrogen-bond donors (Lipinski definition) is 2. The van der Waals surface area contributed by atoms with Gasteiger partial charge >= 0.3 is 5.97 Å². The fourth-order valence-electron chi connectivity index (χ4n) is 3.71. The van der Waals surface area contributed by atoms with Crippen LogP contribution in [0.3, 0.4) is 0 Å². The number of allylic oxidation sites excluding steroid dienone is 4. The molecule has 2 aromatic carbocycles. The molecule has 3 aromatic rings. The smallest absolute Gasteiger partial charge is 0.326 e. The number of benzene rings is 2. The van der Waals surface area contributed by atoms with Crippen molar-refractivity contribution < 1.29 is 24.0 Å². The molecule has 0 fully saturated rings. The SMILES string of the molecule is C=C(/C=C\C(=C/C)c1noc(-c2ccc(C(C)=O)cc2)n1)C[C@H](NC(=O)c1ccc(C(C)(C)C)cc1)C(=O)O. The number of nitrogens with one attached hydrogen (secondary N) is 1. The predicted octanol–water partition coefficient (Wildman–Crippen LogP) is 6.03. The lowest BCUT2D eigenvalue weighted by Gasteiger charge is -2.19. The van der Waals surface area contributed by atoms with Gasteiger partial charge in [0.25, 0.3) is 11.8 Å². The molecule has 0 radical (unpaired) electrons. The van der Waals surface area contributed by atoms with Gasteiger partial charge in [0.15, 0.2) is 5.78 Å². The molecule has 8 nitrogen and oxygen atoms in total. The Labute approximate surface area is 228 Å². The van der Waals surface area contributed by atoms with Gasteiger partial charge in [-0.05, 0) is 49.1 Å². The number of carbonyl (C=O) groups is 3. The average molecular weight is 528 g/mol. The Kier molecular flexibility index (Phi) is 9.14. The number of carboxylic acid groups (broad SMARTS) is 1. The van der Waals surface area contributed by atoms with E-state index in [1.165, 1.54) is 6.92 Å². The Morgan fingerprint density at radius 3 is 2.18 bits per heavy atom. The molecule has 0 bridgehead atoms. The summed E-state index contributed by atoms with van der Waals surface area (Å²) in [7, 11) is 0. The van der Waals surface area contributed by atoms with E-state index >= 15 is 0 Å². The van der Waals surface area contributed by atoms with Gasteiger partial charge in [-0.15, -0.1) is 0 Å². The van der Waals surface area contributed by atoms with Gasteiger partial charge in [0.2, 0.25) is 5.82 Å². The lowest BCUT2D eigenvalue weighted by molar-refractivity contribution is -0.139. The second kappa shape index (κ2) is 12.3. The monoisotopic (exact) mass is 527 g/mol. The minimum Gasteiger partial charge on any atom is -0.480 e. The first-order valence-electron chi connectivity index (χ1n) is 12.5. The van der Waals surface area contributed by atoms with Gasteiger partial charge in [-0.1, -0.05) is 80.6 Å². The average Bonchev–Trinajstić information content (AvgIpc) is 3.38. The van der Waals surface area contributed by atoms with E-state index in [4.69, 9.17) is 4.52 Å². The molecule has 0 aliphatic rings. The van der Waals surface area contributed by atoms with Gasteiger partial charge in [-0.3, -0.25) is 9.59 Å². The molecular formula is C31H33N3O5. The highest BCUT2D eigenvalue weighted by atomic mass is 16.5. The summed E-state index contributed by atoms with van der Waals surface area (Å²) in [5, 5.41) is 16.3. The number of ketones is 1. The van der Waals surface area contributed by atoms with Crippen molar-refractivity contribution in [2.45, 2.75) is 52.5 Å². The normalized spacial score (nSPS) is 12.8. The number of Topliss-reactive ketones (excluding diaryl/α,β-unsaturated/α-hetero) is 1. The van der Waals surface area contributed by atoms with Crippen LogP contribution >= 0.6 is 0 Å². The van der Waals surface area contributed by atoms with Crippen molar-refractivity contribution in [3.8, 4) is 11.5 Å². The molecule has 3 rings (SSSR count). The van der Waals surface area contributed by atoms with Crippen molar-refractivity contribution in [3.05, 3.63) is 101 Å². The lowest BCUT2D eigenvalue weighted by Crippen LogP contribution is -2.41. The van der Waals surface area contributed by atoms with Crippen LogP contribution in [0.2, 0.25) is 0 Å². The minimum absolute atomic E-state index is 0.00857. The molecule has 1 heterocycles. The molecule has 2 N–H and O–H groups in total. The first-order valence-corrected chi connectivity index (χ1v) is 12.5. The zero-order valence-corrected chi connectivity index (χ0v) is 22.8. The first kappa shape index (κ1) is 29.0. The van der Waals surface area contributed by atoms with Crippen LogP contribution in [-0.2, 0) is 10.2 Å². The third-order valence-electron chi connectivity index (χ3n) is 6.12. The highest BCUT2D eigenvalue weighted by Crippen LogP contribution is 2.23. The zero-order valence-electron chi connectivity index (χ0n) is 22.8. The van der Waals surface area contributed by atoms with Gasteiger partial charge in [0, 0.05) is 28.7 Å². The number of aromatic nitrogens is 2. The van der Waals surface area contributed by atoms with Crippen LogP contribution in [0.1, 0.15) is 73.1 Å². The fourth-order valence-corrected chi connectivity index (χ4v) is 3.71. The fraction of sp³-hybridized carbons (Fsp3) is 0.258. The Morgan fingerprint density at radius 2 is 1.64 bits per heavy atom. The summed E-state index contributed by atoms with van der Waals surface area (Å²) in [6.07, 6.45) is 5.17.